The van der Waals surface area contributed by atoms with Crippen molar-refractivity contribution in [1.82, 2.24) is 5.32 Å². The van der Waals surface area contributed by atoms with Gasteiger partial charge < -0.3 is 15.2 Å². The van der Waals surface area contributed by atoms with Gasteiger partial charge in [0.1, 0.15) is 0 Å². The number of hydrogen-bond donors (Lipinski definition) is 2. The van der Waals surface area contributed by atoms with E-state index in [9.17, 15) is 9.90 Å². The zero-order valence-corrected chi connectivity index (χ0v) is 15.0. The van der Waals surface area contributed by atoms with Gasteiger partial charge in [0.2, 0.25) is 0 Å². The number of phenolic OH excluding ortho intramolecular Hbond substituents is 1. The van der Waals surface area contributed by atoms with E-state index < -0.39 is 0 Å². The molecular weight excluding hydrogens is 380 g/mol. The van der Waals surface area contributed by atoms with Crippen LogP contribution in [0.1, 0.15) is 31.2 Å². The molecule has 5 nitrogen and oxygen atoms in total. The van der Waals surface area contributed by atoms with Crippen molar-refractivity contribution in [3.63, 3.8) is 0 Å². The molecule has 23 heavy (non-hydrogen) atoms. The monoisotopic (exact) mass is 396 g/mol. The van der Waals surface area contributed by atoms with Gasteiger partial charge in [0, 0.05) is 4.47 Å². The number of nitrogens with zero attached hydrogens (tertiary/aromatic N) is 1. The third-order valence-electron chi connectivity index (χ3n) is 3.86. The number of ether oxygens (including phenoxy) is 1. The average molecular weight is 397 g/mol. The zero-order valence-electron chi connectivity index (χ0n) is 12.6. The maximum atomic E-state index is 12.1. The SMILES string of the molecule is COc1cc(C=C2SC(=NC3CCCC3)NC2=O)c(Br)cc1O. The lowest BCUT2D eigenvalue weighted by atomic mass is 10.2. The van der Waals surface area contributed by atoms with Crippen molar-refractivity contribution in [1.29, 1.82) is 0 Å². The summed E-state index contributed by atoms with van der Waals surface area (Å²) in [4.78, 5) is 17.3. The molecular formula is C16H17BrN2O3S. The summed E-state index contributed by atoms with van der Waals surface area (Å²) < 4.78 is 5.80. The van der Waals surface area contributed by atoms with Crippen LogP contribution in [-0.2, 0) is 4.79 Å². The number of methoxy groups -OCH3 is 1. The van der Waals surface area contributed by atoms with Crippen LogP contribution in [0.5, 0.6) is 11.5 Å². The first-order chi connectivity index (χ1) is 11.1. The molecule has 3 rings (SSSR count). The van der Waals surface area contributed by atoms with Crippen LogP contribution in [0.2, 0.25) is 0 Å². The van der Waals surface area contributed by atoms with E-state index in [-0.39, 0.29) is 11.7 Å². The normalized spacial score (nSPS) is 22.1. The highest BCUT2D eigenvalue weighted by Crippen LogP contribution is 2.35. The number of amides is 1. The Hall–Kier alpha value is -1.47. The highest BCUT2D eigenvalue weighted by atomic mass is 79.9. The fourth-order valence-corrected chi connectivity index (χ4v) is 3.99. The molecule has 1 aliphatic carbocycles. The Kier molecular flexibility index (Phi) is 4.96. The molecule has 1 amide bonds. The predicted molar refractivity (Wildman–Crippen MR) is 95.8 cm³/mol. The number of aromatic hydroxyl groups is 1. The summed E-state index contributed by atoms with van der Waals surface area (Å²) in [7, 11) is 1.49. The number of benzene rings is 1. The Bertz CT molecular complexity index is 697. The van der Waals surface area contributed by atoms with Crippen LogP contribution < -0.4 is 10.1 Å². The second kappa shape index (κ2) is 6.97. The molecule has 2 aliphatic rings. The molecule has 0 radical (unpaired) electrons. The Morgan fingerprint density at radius 3 is 2.87 bits per heavy atom. The van der Waals surface area contributed by atoms with Gasteiger partial charge in [0.15, 0.2) is 16.7 Å². The number of nitrogens with one attached hydrogen (secondary N) is 1. The van der Waals surface area contributed by atoms with E-state index in [0.29, 0.717) is 26.3 Å². The summed E-state index contributed by atoms with van der Waals surface area (Å²) in [5, 5.41) is 13.2. The van der Waals surface area contributed by atoms with Gasteiger partial charge in [0.05, 0.1) is 18.1 Å². The first-order valence-electron chi connectivity index (χ1n) is 7.42. The molecule has 2 N–H and O–H groups in total. The summed E-state index contributed by atoms with van der Waals surface area (Å²) in [6.45, 7) is 0. The second-order valence-corrected chi connectivity index (χ2v) is 7.37. The number of halogens is 1. The summed E-state index contributed by atoms with van der Waals surface area (Å²) >= 11 is 4.75. The van der Waals surface area contributed by atoms with Crippen molar-refractivity contribution in [3.05, 3.63) is 27.1 Å². The minimum absolute atomic E-state index is 0.0496. The van der Waals surface area contributed by atoms with E-state index in [1.807, 2.05) is 0 Å². The summed E-state index contributed by atoms with van der Waals surface area (Å²) in [5.41, 5.74) is 0.763. The molecule has 0 spiro atoms. The maximum absolute atomic E-state index is 12.1. The molecule has 0 bridgehead atoms. The van der Waals surface area contributed by atoms with Crippen molar-refractivity contribution in [2.45, 2.75) is 31.7 Å². The fourth-order valence-electron chi connectivity index (χ4n) is 2.66. The van der Waals surface area contributed by atoms with Crippen LogP contribution in [0.3, 0.4) is 0 Å². The number of phenols is 1. The second-order valence-electron chi connectivity index (χ2n) is 5.48. The van der Waals surface area contributed by atoms with Gasteiger partial charge in [-0.2, -0.15) is 0 Å². The van der Waals surface area contributed by atoms with Gasteiger partial charge in [-0.15, -0.1) is 0 Å². The standard InChI is InChI=1S/C16H17BrN2O3S/c1-22-13-6-9(11(17)8-12(13)20)7-14-15(21)19-16(23-14)18-10-4-2-3-5-10/h6-8,10,20H,2-5H2,1H3,(H,18,19,21). The Balaban J connectivity index is 1.84. The van der Waals surface area contributed by atoms with Crippen LogP contribution in [0.4, 0.5) is 0 Å². The van der Waals surface area contributed by atoms with Crippen molar-refractivity contribution < 1.29 is 14.6 Å². The molecule has 1 saturated heterocycles. The highest BCUT2D eigenvalue weighted by Gasteiger charge is 2.26. The van der Waals surface area contributed by atoms with Gasteiger partial charge >= 0.3 is 0 Å². The number of aliphatic imine (C=N–C) groups is 1. The number of hydrogen-bond acceptors (Lipinski definition) is 5. The van der Waals surface area contributed by atoms with Crippen LogP contribution in [0, 0.1) is 0 Å². The summed E-state index contributed by atoms with van der Waals surface area (Å²) in [5.74, 6) is 0.266. The van der Waals surface area contributed by atoms with Crippen LogP contribution in [0.15, 0.2) is 26.5 Å². The van der Waals surface area contributed by atoms with E-state index in [1.54, 1.807) is 18.2 Å². The largest absolute Gasteiger partial charge is 0.504 e. The number of rotatable bonds is 3. The zero-order chi connectivity index (χ0) is 16.4. The Labute approximate surface area is 147 Å². The molecule has 1 aromatic rings. The highest BCUT2D eigenvalue weighted by molar-refractivity contribution is 9.10. The van der Waals surface area contributed by atoms with Gasteiger partial charge in [-0.05, 0) is 48.4 Å². The van der Waals surface area contributed by atoms with Gasteiger partial charge in [-0.1, -0.05) is 28.8 Å². The predicted octanol–water partition coefficient (Wildman–Crippen LogP) is 3.67. The first kappa shape index (κ1) is 16.4. The third kappa shape index (κ3) is 3.72. The van der Waals surface area contributed by atoms with Gasteiger partial charge in [-0.25, -0.2) is 0 Å². The molecule has 1 aromatic carbocycles. The first-order valence-corrected chi connectivity index (χ1v) is 9.03. The average Bonchev–Trinajstić information content (AvgIpc) is 3.13. The molecule has 1 heterocycles. The quantitative estimate of drug-likeness (QED) is 0.764. The maximum Gasteiger partial charge on any atom is 0.264 e. The summed E-state index contributed by atoms with van der Waals surface area (Å²) in [6, 6.07) is 3.57. The number of carbonyl (C=O) groups excluding carboxylic acids is 1. The number of thioether (sulfide) groups is 1. The lowest BCUT2D eigenvalue weighted by Gasteiger charge is -2.06. The molecule has 122 valence electrons. The van der Waals surface area contributed by atoms with E-state index in [4.69, 9.17) is 4.74 Å². The number of carbonyl (C=O) groups is 1. The van der Waals surface area contributed by atoms with Gasteiger partial charge in [0.25, 0.3) is 5.91 Å². The lowest BCUT2D eigenvalue weighted by molar-refractivity contribution is -0.115. The minimum Gasteiger partial charge on any atom is -0.504 e. The summed E-state index contributed by atoms with van der Waals surface area (Å²) in [6.07, 6.45) is 6.38. The smallest absolute Gasteiger partial charge is 0.264 e. The lowest BCUT2D eigenvalue weighted by Crippen LogP contribution is -2.21. The minimum atomic E-state index is -0.148. The fraction of sp³-hybridized carbons (Fsp3) is 0.375. The van der Waals surface area contributed by atoms with Gasteiger partial charge in [-0.3, -0.25) is 9.79 Å². The van der Waals surface area contributed by atoms with Crippen LogP contribution >= 0.6 is 27.7 Å². The van der Waals surface area contributed by atoms with Crippen LogP contribution in [-0.4, -0.2) is 29.3 Å². The van der Waals surface area contributed by atoms with Crippen molar-refractivity contribution in [2.24, 2.45) is 4.99 Å². The van der Waals surface area contributed by atoms with Crippen molar-refractivity contribution >= 4 is 44.8 Å². The van der Waals surface area contributed by atoms with Crippen molar-refractivity contribution in [2.75, 3.05) is 7.11 Å². The molecule has 1 saturated carbocycles. The number of amidine groups is 1. The van der Waals surface area contributed by atoms with E-state index >= 15 is 0 Å². The van der Waals surface area contributed by atoms with Crippen molar-refractivity contribution in [3.8, 4) is 11.5 Å². The Morgan fingerprint density at radius 1 is 1.43 bits per heavy atom. The van der Waals surface area contributed by atoms with E-state index in [1.165, 1.54) is 31.7 Å². The van der Waals surface area contributed by atoms with Crippen LogP contribution in [0.25, 0.3) is 6.08 Å². The Morgan fingerprint density at radius 2 is 2.17 bits per heavy atom. The molecule has 2 fully saturated rings. The topological polar surface area (TPSA) is 70.9 Å². The van der Waals surface area contributed by atoms with E-state index in [2.05, 4.69) is 26.2 Å². The molecule has 0 atom stereocenters. The molecule has 7 heteroatoms. The van der Waals surface area contributed by atoms with E-state index in [0.717, 1.165) is 18.4 Å². The third-order valence-corrected chi connectivity index (χ3v) is 5.47. The molecule has 0 aromatic heterocycles. The molecule has 0 unspecified atom stereocenters. The molecule has 1 aliphatic heterocycles.